The average Bonchev–Trinajstić information content (AvgIpc) is 3.22. The Morgan fingerprint density at radius 1 is 1.14 bits per heavy atom. The first-order chi connectivity index (χ1) is 14.2. The Balaban J connectivity index is 1.50. The fourth-order valence-corrected chi connectivity index (χ4v) is 4.39. The van der Waals surface area contributed by atoms with Crippen LogP contribution in [0.15, 0.2) is 29.4 Å². The summed E-state index contributed by atoms with van der Waals surface area (Å²) in [5.41, 5.74) is 1.34. The Morgan fingerprint density at radius 3 is 2.62 bits per heavy atom. The second kappa shape index (κ2) is 11.1. The van der Waals surface area contributed by atoms with Crippen molar-refractivity contribution in [2.45, 2.75) is 75.9 Å². The highest BCUT2D eigenvalue weighted by Gasteiger charge is 2.21. The van der Waals surface area contributed by atoms with Crippen LogP contribution in [0.5, 0.6) is 0 Å². The van der Waals surface area contributed by atoms with Crippen molar-refractivity contribution in [2.24, 2.45) is 0 Å². The van der Waals surface area contributed by atoms with Crippen molar-refractivity contribution in [2.75, 3.05) is 11.1 Å². The standard InChI is InChI=1S/C21H29N5O2S/c1-2-3-5-10-20(28)22-17-13-11-16(12-14-17)19(27)15-29-21-23-24-25-26(21)18-8-6-4-7-9-18/h11-14,18H,2-10,15H2,1H3,(H,22,28). The van der Waals surface area contributed by atoms with Crippen molar-refractivity contribution >= 4 is 29.1 Å². The minimum Gasteiger partial charge on any atom is -0.326 e. The molecule has 0 aliphatic heterocycles. The van der Waals surface area contributed by atoms with Crippen LogP contribution < -0.4 is 5.32 Å². The summed E-state index contributed by atoms with van der Waals surface area (Å²) in [6.07, 6.45) is 9.45. The zero-order valence-corrected chi connectivity index (χ0v) is 17.8. The van der Waals surface area contributed by atoms with Crippen molar-refractivity contribution in [3.05, 3.63) is 29.8 Å². The molecule has 1 aromatic heterocycles. The number of nitrogens with zero attached hydrogens (tertiary/aromatic N) is 4. The minimum atomic E-state index is 0.0163. The number of hydrogen-bond donors (Lipinski definition) is 1. The molecule has 0 unspecified atom stereocenters. The molecule has 0 saturated heterocycles. The van der Waals surface area contributed by atoms with E-state index in [1.54, 1.807) is 24.3 Å². The van der Waals surface area contributed by atoms with Crippen molar-refractivity contribution < 1.29 is 9.59 Å². The first-order valence-corrected chi connectivity index (χ1v) is 11.5. The Morgan fingerprint density at radius 2 is 1.90 bits per heavy atom. The molecule has 1 fully saturated rings. The molecule has 0 spiro atoms. The van der Waals surface area contributed by atoms with Crippen LogP contribution >= 0.6 is 11.8 Å². The van der Waals surface area contributed by atoms with Crippen LogP contribution in [0.25, 0.3) is 0 Å². The number of carbonyl (C=O) groups excluding carboxylic acids is 2. The van der Waals surface area contributed by atoms with Gasteiger partial charge in [-0.05, 0) is 54.0 Å². The Bertz CT molecular complexity index is 800. The van der Waals surface area contributed by atoms with E-state index < -0.39 is 0 Å². The van der Waals surface area contributed by atoms with Crippen LogP contribution in [0, 0.1) is 0 Å². The molecule has 1 aliphatic rings. The fourth-order valence-electron chi connectivity index (χ4n) is 3.55. The Kier molecular flexibility index (Phi) is 8.22. The SMILES string of the molecule is CCCCCC(=O)Nc1ccc(C(=O)CSc2nnnn2C2CCCCC2)cc1. The molecule has 1 amide bonds. The van der Waals surface area contributed by atoms with E-state index in [1.165, 1.54) is 31.0 Å². The molecule has 2 aromatic rings. The highest BCUT2D eigenvalue weighted by atomic mass is 32.2. The molecule has 1 aromatic carbocycles. The van der Waals surface area contributed by atoms with Crippen molar-refractivity contribution in [1.82, 2.24) is 20.2 Å². The molecule has 1 aliphatic carbocycles. The maximum absolute atomic E-state index is 12.5. The van der Waals surface area contributed by atoms with Gasteiger partial charge in [0, 0.05) is 17.7 Å². The van der Waals surface area contributed by atoms with E-state index in [4.69, 9.17) is 0 Å². The van der Waals surface area contributed by atoms with Crippen LogP contribution in [0.2, 0.25) is 0 Å². The number of rotatable bonds is 10. The molecule has 0 radical (unpaired) electrons. The number of amides is 1. The number of benzene rings is 1. The van der Waals surface area contributed by atoms with E-state index in [1.807, 2.05) is 4.68 Å². The number of carbonyl (C=O) groups is 2. The van der Waals surface area contributed by atoms with Crippen LogP contribution in [-0.2, 0) is 4.79 Å². The first-order valence-electron chi connectivity index (χ1n) is 10.5. The third-order valence-electron chi connectivity index (χ3n) is 5.21. The summed E-state index contributed by atoms with van der Waals surface area (Å²) in [6, 6.07) is 7.42. The number of tetrazole rings is 1. The van der Waals surface area contributed by atoms with Crippen LogP contribution in [0.4, 0.5) is 5.69 Å². The third-order valence-corrected chi connectivity index (χ3v) is 6.15. The number of thioether (sulfide) groups is 1. The third kappa shape index (κ3) is 6.39. The van der Waals surface area contributed by atoms with E-state index in [9.17, 15) is 9.59 Å². The summed E-state index contributed by atoms with van der Waals surface area (Å²) < 4.78 is 1.88. The zero-order valence-electron chi connectivity index (χ0n) is 17.0. The predicted molar refractivity (Wildman–Crippen MR) is 114 cm³/mol. The van der Waals surface area contributed by atoms with E-state index >= 15 is 0 Å². The lowest BCUT2D eigenvalue weighted by molar-refractivity contribution is -0.116. The van der Waals surface area contributed by atoms with E-state index in [2.05, 4.69) is 27.8 Å². The molecule has 29 heavy (non-hydrogen) atoms. The van der Waals surface area contributed by atoms with Gasteiger partial charge in [0.15, 0.2) is 5.78 Å². The number of anilines is 1. The Labute approximate surface area is 176 Å². The van der Waals surface area contributed by atoms with Crippen LogP contribution in [0.3, 0.4) is 0 Å². The molecule has 3 rings (SSSR count). The first kappa shape index (κ1) is 21.5. The number of ketones is 1. The highest BCUT2D eigenvalue weighted by molar-refractivity contribution is 7.99. The lowest BCUT2D eigenvalue weighted by Gasteiger charge is -2.21. The van der Waals surface area contributed by atoms with Crippen molar-refractivity contribution in [3.63, 3.8) is 0 Å². The summed E-state index contributed by atoms with van der Waals surface area (Å²) in [7, 11) is 0. The van der Waals surface area contributed by atoms with Gasteiger partial charge < -0.3 is 5.32 Å². The fraction of sp³-hybridized carbons (Fsp3) is 0.571. The summed E-state index contributed by atoms with van der Waals surface area (Å²) in [4.78, 5) is 24.4. The summed E-state index contributed by atoms with van der Waals surface area (Å²) >= 11 is 1.38. The predicted octanol–water partition coefficient (Wildman–Crippen LogP) is 4.67. The highest BCUT2D eigenvalue weighted by Crippen LogP contribution is 2.30. The molecular formula is C21H29N5O2S. The van der Waals surface area contributed by atoms with Gasteiger partial charge in [-0.1, -0.05) is 50.8 Å². The molecule has 0 atom stereocenters. The quantitative estimate of drug-likeness (QED) is 0.344. The van der Waals surface area contributed by atoms with Gasteiger partial charge in [0.05, 0.1) is 11.8 Å². The van der Waals surface area contributed by atoms with Gasteiger partial charge in [0.25, 0.3) is 0 Å². The molecular weight excluding hydrogens is 386 g/mol. The van der Waals surface area contributed by atoms with Crippen LogP contribution in [0.1, 0.15) is 81.1 Å². The zero-order chi connectivity index (χ0) is 20.5. The van der Waals surface area contributed by atoms with Crippen molar-refractivity contribution in [1.29, 1.82) is 0 Å². The average molecular weight is 416 g/mol. The van der Waals surface area contributed by atoms with Gasteiger partial charge in [0.1, 0.15) is 0 Å². The number of hydrogen-bond acceptors (Lipinski definition) is 6. The minimum absolute atomic E-state index is 0.0163. The molecule has 8 heteroatoms. The molecule has 156 valence electrons. The lowest BCUT2D eigenvalue weighted by Crippen LogP contribution is -2.16. The summed E-state index contributed by atoms with van der Waals surface area (Å²) in [5.74, 6) is 0.326. The number of unbranched alkanes of at least 4 members (excludes halogenated alkanes) is 2. The van der Waals surface area contributed by atoms with Gasteiger partial charge in [-0.15, -0.1) is 5.10 Å². The molecule has 0 bridgehead atoms. The van der Waals surface area contributed by atoms with E-state index in [0.717, 1.165) is 37.8 Å². The summed E-state index contributed by atoms with van der Waals surface area (Å²) in [6.45, 7) is 2.11. The van der Waals surface area contributed by atoms with Gasteiger partial charge >= 0.3 is 0 Å². The lowest BCUT2D eigenvalue weighted by atomic mass is 9.96. The number of Topliss-reactive ketones (excluding diaryl/α,β-unsaturated/α-hetero) is 1. The van der Waals surface area contributed by atoms with E-state index in [0.29, 0.717) is 23.2 Å². The molecule has 1 heterocycles. The second-order valence-electron chi connectivity index (χ2n) is 7.49. The van der Waals surface area contributed by atoms with Gasteiger partial charge in [-0.3, -0.25) is 9.59 Å². The van der Waals surface area contributed by atoms with Crippen molar-refractivity contribution in [3.8, 4) is 0 Å². The molecule has 1 N–H and O–H groups in total. The number of nitrogens with one attached hydrogen (secondary N) is 1. The van der Waals surface area contributed by atoms with E-state index in [-0.39, 0.29) is 17.4 Å². The normalized spacial score (nSPS) is 14.7. The molecule has 7 nitrogen and oxygen atoms in total. The smallest absolute Gasteiger partial charge is 0.224 e. The largest absolute Gasteiger partial charge is 0.326 e. The summed E-state index contributed by atoms with van der Waals surface area (Å²) in [5, 5.41) is 15.6. The van der Waals surface area contributed by atoms with Crippen LogP contribution in [-0.4, -0.2) is 37.7 Å². The second-order valence-corrected chi connectivity index (χ2v) is 8.43. The maximum Gasteiger partial charge on any atom is 0.224 e. The topological polar surface area (TPSA) is 89.8 Å². The Hall–Kier alpha value is -2.22. The van der Waals surface area contributed by atoms with Gasteiger partial charge in [0.2, 0.25) is 11.1 Å². The molecule has 1 saturated carbocycles. The number of aromatic nitrogens is 4. The monoisotopic (exact) mass is 415 g/mol. The van der Waals surface area contributed by atoms with Gasteiger partial charge in [-0.25, -0.2) is 4.68 Å². The maximum atomic E-state index is 12.5. The van der Waals surface area contributed by atoms with Gasteiger partial charge in [-0.2, -0.15) is 0 Å².